The van der Waals surface area contributed by atoms with Crippen molar-refractivity contribution >= 4 is 0 Å². The minimum absolute atomic E-state index is 0.0797. The molecule has 98 valence electrons. The summed E-state index contributed by atoms with van der Waals surface area (Å²) in [4.78, 5) is 0. The number of nitrogens with one attached hydrogen (secondary N) is 1. The second kappa shape index (κ2) is 8.82. The van der Waals surface area contributed by atoms with Gasteiger partial charge in [-0.05, 0) is 19.5 Å². The predicted octanol–water partition coefficient (Wildman–Crippen LogP) is -3.64. The van der Waals surface area contributed by atoms with E-state index >= 15 is 0 Å². The summed E-state index contributed by atoms with van der Waals surface area (Å²) >= 11 is 0. The monoisotopic (exact) mass is 238 g/mol. The maximum Gasteiger partial charge on any atom is 0.111 e. The first-order valence-corrected chi connectivity index (χ1v) is 5.28. The summed E-state index contributed by atoms with van der Waals surface area (Å²) in [5.41, 5.74) is 5.26. The molecule has 0 unspecified atom stereocenters. The van der Waals surface area contributed by atoms with Gasteiger partial charge in [0.2, 0.25) is 0 Å². The maximum absolute atomic E-state index is 9.44. The number of hydrogen-bond acceptors (Lipinski definition) is 7. The molecule has 0 radical (unpaired) electrons. The lowest BCUT2D eigenvalue weighted by atomic mass is 10.0. The predicted molar refractivity (Wildman–Crippen MR) is 57.7 cm³/mol. The lowest BCUT2D eigenvalue weighted by Crippen LogP contribution is -2.49. The van der Waals surface area contributed by atoms with Gasteiger partial charge in [-0.25, -0.2) is 0 Å². The van der Waals surface area contributed by atoms with Crippen molar-refractivity contribution in [1.29, 1.82) is 0 Å². The van der Waals surface area contributed by atoms with Crippen molar-refractivity contribution in [1.82, 2.24) is 5.32 Å². The summed E-state index contributed by atoms with van der Waals surface area (Å²) in [6.45, 7) is 0.526. The van der Waals surface area contributed by atoms with Gasteiger partial charge in [0.25, 0.3) is 0 Å². The third-order valence-corrected chi connectivity index (χ3v) is 2.24. The SMILES string of the molecule is NCCCNC[C@H](O)[C@@H](O)[C@H](O)[C@H](O)CO. The first-order valence-electron chi connectivity index (χ1n) is 5.28. The molecule has 0 bridgehead atoms. The highest BCUT2D eigenvalue weighted by molar-refractivity contribution is 4.81. The highest BCUT2D eigenvalue weighted by Crippen LogP contribution is 2.04. The second-order valence-electron chi connectivity index (χ2n) is 3.64. The van der Waals surface area contributed by atoms with E-state index in [0.29, 0.717) is 13.1 Å². The van der Waals surface area contributed by atoms with Gasteiger partial charge in [-0.15, -0.1) is 0 Å². The Balaban J connectivity index is 3.83. The molecule has 8 N–H and O–H groups in total. The van der Waals surface area contributed by atoms with Gasteiger partial charge in [-0.2, -0.15) is 0 Å². The molecule has 0 amide bonds. The van der Waals surface area contributed by atoms with Crippen molar-refractivity contribution in [2.75, 3.05) is 26.2 Å². The van der Waals surface area contributed by atoms with Crippen LogP contribution in [0, 0.1) is 0 Å². The Kier molecular flexibility index (Phi) is 8.67. The lowest BCUT2D eigenvalue weighted by Gasteiger charge is -2.25. The van der Waals surface area contributed by atoms with Crippen molar-refractivity contribution < 1.29 is 25.5 Å². The normalized spacial score (nSPS) is 19.1. The van der Waals surface area contributed by atoms with Crippen LogP contribution in [0.1, 0.15) is 6.42 Å². The van der Waals surface area contributed by atoms with E-state index in [1.54, 1.807) is 0 Å². The van der Waals surface area contributed by atoms with Crippen LogP contribution in [0.4, 0.5) is 0 Å². The highest BCUT2D eigenvalue weighted by Gasteiger charge is 2.29. The van der Waals surface area contributed by atoms with Crippen molar-refractivity contribution in [2.24, 2.45) is 5.73 Å². The minimum atomic E-state index is -1.57. The summed E-state index contributed by atoms with van der Waals surface area (Å²) < 4.78 is 0. The molecule has 0 aliphatic rings. The topological polar surface area (TPSA) is 139 Å². The maximum atomic E-state index is 9.44. The zero-order valence-corrected chi connectivity index (χ0v) is 9.16. The Labute approximate surface area is 94.5 Å². The zero-order valence-electron chi connectivity index (χ0n) is 9.16. The van der Waals surface area contributed by atoms with E-state index in [0.717, 1.165) is 6.42 Å². The number of nitrogens with two attached hydrogens (primary N) is 1. The van der Waals surface area contributed by atoms with Crippen LogP contribution in [-0.4, -0.2) is 76.2 Å². The van der Waals surface area contributed by atoms with Crippen LogP contribution in [0.25, 0.3) is 0 Å². The van der Waals surface area contributed by atoms with Crippen molar-refractivity contribution in [3.63, 3.8) is 0 Å². The lowest BCUT2D eigenvalue weighted by molar-refractivity contribution is -0.113. The van der Waals surface area contributed by atoms with E-state index < -0.39 is 31.0 Å². The molecular formula is C9H22N2O5. The fraction of sp³-hybridized carbons (Fsp3) is 1.00. The molecule has 0 heterocycles. The first kappa shape index (κ1) is 15.7. The van der Waals surface area contributed by atoms with Gasteiger partial charge in [-0.3, -0.25) is 0 Å². The molecule has 0 aromatic carbocycles. The Morgan fingerprint density at radius 3 is 2.06 bits per heavy atom. The molecule has 0 aliphatic heterocycles. The third kappa shape index (κ3) is 5.71. The largest absolute Gasteiger partial charge is 0.394 e. The van der Waals surface area contributed by atoms with Gasteiger partial charge in [0, 0.05) is 6.54 Å². The fourth-order valence-electron chi connectivity index (χ4n) is 1.16. The van der Waals surface area contributed by atoms with Crippen LogP contribution in [0.15, 0.2) is 0 Å². The summed E-state index contributed by atoms with van der Waals surface area (Å²) in [6.07, 6.45) is -5.02. The third-order valence-electron chi connectivity index (χ3n) is 2.24. The van der Waals surface area contributed by atoms with Crippen LogP contribution in [0.3, 0.4) is 0 Å². The molecule has 0 fully saturated rings. The van der Waals surface area contributed by atoms with Gasteiger partial charge in [-0.1, -0.05) is 0 Å². The minimum Gasteiger partial charge on any atom is -0.394 e. The molecule has 0 aliphatic carbocycles. The quantitative estimate of drug-likeness (QED) is 0.206. The molecule has 7 nitrogen and oxygen atoms in total. The molecule has 16 heavy (non-hydrogen) atoms. The Hall–Kier alpha value is -0.280. The van der Waals surface area contributed by atoms with E-state index in [2.05, 4.69) is 5.32 Å². The Morgan fingerprint density at radius 2 is 1.56 bits per heavy atom. The van der Waals surface area contributed by atoms with Crippen LogP contribution in [-0.2, 0) is 0 Å². The number of aliphatic hydroxyl groups excluding tert-OH is 5. The second-order valence-corrected chi connectivity index (χ2v) is 3.64. The fourth-order valence-corrected chi connectivity index (χ4v) is 1.16. The van der Waals surface area contributed by atoms with Crippen LogP contribution >= 0.6 is 0 Å². The molecule has 7 heteroatoms. The molecule has 0 aromatic rings. The standard InChI is InChI=1S/C9H22N2O5/c10-2-1-3-11-4-6(13)8(15)9(16)7(14)5-12/h6-9,11-16H,1-5,10H2/t6-,7+,8+,9+/m0/s1. The summed E-state index contributed by atoms with van der Waals surface area (Å²) in [5.74, 6) is 0. The van der Waals surface area contributed by atoms with Crippen molar-refractivity contribution in [2.45, 2.75) is 30.8 Å². The summed E-state index contributed by atoms with van der Waals surface area (Å²) in [6, 6.07) is 0. The van der Waals surface area contributed by atoms with E-state index in [1.165, 1.54) is 0 Å². The van der Waals surface area contributed by atoms with Gasteiger partial charge in [0.1, 0.15) is 18.3 Å². The van der Waals surface area contributed by atoms with Crippen molar-refractivity contribution in [3.05, 3.63) is 0 Å². The number of rotatable bonds is 9. The van der Waals surface area contributed by atoms with Crippen molar-refractivity contribution in [3.8, 4) is 0 Å². The zero-order chi connectivity index (χ0) is 12.6. The number of aliphatic hydroxyl groups is 5. The molecule has 0 rings (SSSR count). The molecule has 0 saturated heterocycles. The Bertz CT molecular complexity index is 172. The Morgan fingerprint density at radius 1 is 1.00 bits per heavy atom. The average molecular weight is 238 g/mol. The van der Waals surface area contributed by atoms with Gasteiger partial charge >= 0.3 is 0 Å². The smallest absolute Gasteiger partial charge is 0.111 e. The van der Waals surface area contributed by atoms with E-state index in [9.17, 15) is 15.3 Å². The number of hydrogen-bond donors (Lipinski definition) is 7. The highest BCUT2D eigenvalue weighted by atomic mass is 16.4. The van der Waals surface area contributed by atoms with Gasteiger partial charge < -0.3 is 36.6 Å². The van der Waals surface area contributed by atoms with Crippen LogP contribution in [0.2, 0.25) is 0 Å². The van der Waals surface area contributed by atoms with Gasteiger partial charge in [0.15, 0.2) is 0 Å². The summed E-state index contributed by atoms with van der Waals surface area (Å²) in [7, 11) is 0. The molecule has 0 aromatic heterocycles. The van der Waals surface area contributed by atoms with E-state index in [1.807, 2.05) is 0 Å². The average Bonchev–Trinajstić information content (AvgIpc) is 2.31. The van der Waals surface area contributed by atoms with E-state index in [-0.39, 0.29) is 6.54 Å². The van der Waals surface area contributed by atoms with Gasteiger partial charge in [0.05, 0.1) is 12.7 Å². The molecule has 4 atom stereocenters. The molecule has 0 saturated carbocycles. The van der Waals surface area contributed by atoms with Crippen LogP contribution < -0.4 is 11.1 Å². The van der Waals surface area contributed by atoms with Crippen LogP contribution in [0.5, 0.6) is 0 Å². The first-order chi connectivity index (χ1) is 7.54. The van der Waals surface area contributed by atoms with E-state index in [4.69, 9.17) is 15.9 Å². The molecular weight excluding hydrogens is 216 g/mol. The molecule has 0 spiro atoms. The summed E-state index contributed by atoms with van der Waals surface area (Å²) in [5, 5.41) is 48.6.